The van der Waals surface area contributed by atoms with E-state index >= 15 is 0 Å². The van der Waals surface area contributed by atoms with Gasteiger partial charge in [-0.3, -0.25) is 0 Å². The molecule has 0 saturated heterocycles. The Balaban J connectivity index is 1.54. The molecule has 0 radical (unpaired) electrons. The molecule has 2 rings (SSSR count). The molecule has 0 aliphatic rings. The summed E-state index contributed by atoms with van der Waals surface area (Å²) in [6.07, 6.45) is 2.55. The highest BCUT2D eigenvalue weighted by atomic mass is 31.1. The number of nitrogens with one attached hydrogen (secondary N) is 1. The number of aryl methyl sites for hydroxylation is 1. The summed E-state index contributed by atoms with van der Waals surface area (Å²) in [6, 6.07) is 19.4. The largest absolute Gasteiger partial charge is 0.508 e. The maximum Gasteiger partial charge on any atom is 0.508 e. The normalized spacial score (nSPS) is 12.1. The first-order valence-corrected chi connectivity index (χ1v) is 12.2. The molecule has 2 N–H and O–H groups in total. The number of aliphatic carboxylic acids is 1. The van der Waals surface area contributed by atoms with Gasteiger partial charge >= 0.3 is 20.1 Å². The van der Waals surface area contributed by atoms with Crippen LogP contribution in [-0.4, -0.2) is 36.0 Å². The minimum atomic E-state index is -2.02. The standard InChI is InChI=1S/C24H30NO6P/c26-23(27)22(31-32(29)18-10-8-13-20-11-3-1-4-12-20)16-7-9-17-25-24(28)30-19-21-14-5-2-6-15-21/h1-6,11-12,14-15,22H,7-10,13,16-19H2,(H-,25,26,27,28)/p+1/t22-/m0/s1. The molecule has 8 heteroatoms. The number of rotatable bonds is 15. The molecule has 0 heterocycles. The minimum absolute atomic E-state index is 0.194. The lowest BCUT2D eigenvalue weighted by Crippen LogP contribution is -2.26. The molecule has 172 valence electrons. The summed E-state index contributed by atoms with van der Waals surface area (Å²) in [6.45, 7) is 0.561. The van der Waals surface area contributed by atoms with Gasteiger partial charge < -0.3 is 15.2 Å². The van der Waals surface area contributed by atoms with Crippen molar-refractivity contribution in [2.45, 2.75) is 51.2 Å². The number of hydrogen-bond acceptors (Lipinski definition) is 5. The summed E-state index contributed by atoms with van der Waals surface area (Å²) in [5, 5.41) is 12.0. The van der Waals surface area contributed by atoms with Crippen molar-refractivity contribution in [3.63, 3.8) is 0 Å². The number of carboxylic acids is 1. The fourth-order valence-corrected chi connectivity index (χ4v) is 4.12. The third-order valence-electron chi connectivity index (χ3n) is 4.79. The van der Waals surface area contributed by atoms with Gasteiger partial charge in [0.05, 0.1) is 0 Å². The van der Waals surface area contributed by atoms with Crippen LogP contribution in [-0.2, 0) is 31.6 Å². The van der Waals surface area contributed by atoms with E-state index in [9.17, 15) is 19.3 Å². The Morgan fingerprint density at radius 2 is 1.56 bits per heavy atom. The molecule has 0 aliphatic heterocycles. The van der Waals surface area contributed by atoms with E-state index in [1.165, 1.54) is 5.56 Å². The van der Waals surface area contributed by atoms with Crippen molar-refractivity contribution >= 4 is 20.1 Å². The Labute approximate surface area is 190 Å². The number of carbonyl (C=O) groups excluding carboxylic acids is 1. The van der Waals surface area contributed by atoms with Crippen LogP contribution in [0.2, 0.25) is 0 Å². The first kappa shape index (κ1) is 25.5. The number of carboxylic acid groups (broad SMARTS) is 1. The van der Waals surface area contributed by atoms with Gasteiger partial charge in [0, 0.05) is 6.54 Å². The smallest absolute Gasteiger partial charge is 0.479 e. The van der Waals surface area contributed by atoms with Gasteiger partial charge in [0.15, 0.2) is 6.16 Å². The van der Waals surface area contributed by atoms with E-state index in [1.807, 2.05) is 48.5 Å². The van der Waals surface area contributed by atoms with Gasteiger partial charge in [0.2, 0.25) is 6.10 Å². The highest BCUT2D eigenvalue weighted by Crippen LogP contribution is 2.28. The maximum absolute atomic E-state index is 12.1. The third kappa shape index (κ3) is 11.0. The zero-order chi connectivity index (χ0) is 23.0. The van der Waals surface area contributed by atoms with Crippen LogP contribution >= 0.6 is 8.03 Å². The molecule has 1 amide bonds. The second-order valence-corrected chi connectivity index (χ2v) is 8.74. The van der Waals surface area contributed by atoms with Crippen LogP contribution in [0, 0.1) is 0 Å². The summed E-state index contributed by atoms with van der Waals surface area (Å²) in [5.74, 6) is -1.12. The molecule has 1 unspecified atom stereocenters. The van der Waals surface area contributed by atoms with Crippen LogP contribution < -0.4 is 5.32 Å². The Morgan fingerprint density at radius 3 is 2.22 bits per heavy atom. The monoisotopic (exact) mass is 460 g/mol. The Bertz CT molecular complexity index is 831. The summed E-state index contributed by atoms with van der Waals surface area (Å²) >= 11 is 0. The molecule has 7 nitrogen and oxygen atoms in total. The van der Waals surface area contributed by atoms with Gasteiger partial charge in [-0.2, -0.15) is 0 Å². The summed E-state index contributed by atoms with van der Waals surface area (Å²) in [4.78, 5) is 23.1. The SMILES string of the molecule is O=C(NCCCC[C@H](O[P+](=O)CCCCc1ccccc1)C(=O)O)OCc1ccccc1. The van der Waals surface area contributed by atoms with Gasteiger partial charge in [-0.1, -0.05) is 60.7 Å². The molecule has 0 saturated carbocycles. The molecule has 2 aromatic carbocycles. The van der Waals surface area contributed by atoms with Crippen LogP contribution in [0.3, 0.4) is 0 Å². The highest BCUT2D eigenvalue weighted by molar-refractivity contribution is 7.39. The quantitative estimate of drug-likeness (QED) is 0.276. The first-order valence-electron chi connectivity index (χ1n) is 10.9. The van der Waals surface area contributed by atoms with Crippen LogP contribution in [0.15, 0.2) is 60.7 Å². The van der Waals surface area contributed by atoms with Crippen molar-refractivity contribution in [2.75, 3.05) is 12.7 Å². The van der Waals surface area contributed by atoms with Gasteiger partial charge in [0.1, 0.15) is 6.61 Å². The number of ether oxygens (including phenoxy) is 1. The van der Waals surface area contributed by atoms with E-state index in [2.05, 4.69) is 17.4 Å². The van der Waals surface area contributed by atoms with Crippen molar-refractivity contribution in [1.29, 1.82) is 0 Å². The van der Waals surface area contributed by atoms with E-state index < -0.39 is 26.2 Å². The predicted octanol–water partition coefficient (Wildman–Crippen LogP) is 5.32. The molecular weight excluding hydrogens is 429 g/mol. The second kappa shape index (κ2) is 15.1. The molecule has 32 heavy (non-hydrogen) atoms. The number of unbranched alkanes of at least 4 members (excludes halogenated alkanes) is 2. The molecule has 0 fully saturated rings. The summed E-state index contributed by atoms with van der Waals surface area (Å²) < 4.78 is 22.5. The molecule has 2 atom stereocenters. The first-order chi connectivity index (χ1) is 15.5. The number of benzene rings is 2. The Morgan fingerprint density at radius 1 is 0.906 bits per heavy atom. The van der Waals surface area contributed by atoms with Crippen molar-refractivity contribution in [3.05, 3.63) is 71.8 Å². The molecular formula is C24H31NO6P+. The van der Waals surface area contributed by atoms with Gasteiger partial charge in [0.25, 0.3) is 0 Å². The molecule has 0 bridgehead atoms. The predicted molar refractivity (Wildman–Crippen MR) is 123 cm³/mol. The summed E-state index contributed by atoms with van der Waals surface area (Å²) in [5.41, 5.74) is 2.13. The lowest BCUT2D eigenvalue weighted by Gasteiger charge is -2.08. The Hall–Kier alpha value is -2.76. The van der Waals surface area contributed by atoms with Gasteiger partial charge in [-0.25, -0.2) is 9.59 Å². The fraction of sp³-hybridized carbons (Fsp3) is 0.417. The van der Waals surface area contributed by atoms with E-state index in [0.29, 0.717) is 32.0 Å². The van der Waals surface area contributed by atoms with Crippen LogP contribution in [0.4, 0.5) is 4.79 Å². The number of amides is 1. The maximum atomic E-state index is 12.1. The minimum Gasteiger partial charge on any atom is -0.479 e. The van der Waals surface area contributed by atoms with Crippen LogP contribution in [0.5, 0.6) is 0 Å². The molecule has 0 aliphatic carbocycles. The van der Waals surface area contributed by atoms with E-state index in [-0.39, 0.29) is 13.0 Å². The van der Waals surface area contributed by atoms with Crippen molar-refractivity contribution in [3.8, 4) is 0 Å². The van der Waals surface area contributed by atoms with E-state index in [0.717, 1.165) is 18.4 Å². The topological polar surface area (TPSA) is 102 Å². The van der Waals surface area contributed by atoms with E-state index in [1.54, 1.807) is 0 Å². The average Bonchev–Trinajstić information content (AvgIpc) is 2.80. The zero-order valence-electron chi connectivity index (χ0n) is 18.2. The number of hydrogen-bond donors (Lipinski definition) is 2. The van der Waals surface area contributed by atoms with Crippen molar-refractivity contribution in [1.82, 2.24) is 5.32 Å². The Kier molecular flexibility index (Phi) is 12.0. The molecule has 2 aromatic rings. The van der Waals surface area contributed by atoms with Crippen molar-refractivity contribution in [2.24, 2.45) is 0 Å². The molecule has 0 aromatic heterocycles. The highest BCUT2D eigenvalue weighted by Gasteiger charge is 2.29. The average molecular weight is 460 g/mol. The third-order valence-corrected chi connectivity index (χ3v) is 5.97. The number of carbonyl (C=O) groups is 2. The van der Waals surface area contributed by atoms with Gasteiger partial charge in [-0.15, -0.1) is 4.52 Å². The van der Waals surface area contributed by atoms with E-state index in [4.69, 9.17) is 9.26 Å². The fourth-order valence-electron chi connectivity index (χ4n) is 3.05. The number of alkyl carbamates (subject to hydrolysis) is 1. The van der Waals surface area contributed by atoms with Gasteiger partial charge in [-0.05, 0) is 54.2 Å². The van der Waals surface area contributed by atoms with Crippen molar-refractivity contribution < 1.29 is 28.5 Å². The van der Waals surface area contributed by atoms with Crippen LogP contribution in [0.25, 0.3) is 0 Å². The molecule has 0 spiro atoms. The van der Waals surface area contributed by atoms with Crippen LogP contribution in [0.1, 0.15) is 43.2 Å². The second-order valence-electron chi connectivity index (χ2n) is 7.42. The zero-order valence-corrected chi connectivity index (χ0v) is 19.0. The lowest BCUT2D eigenvalue weighted by molar-refractivity contribution is -0.145. The summed E-state index contributed by atoms with van der Waals surface area (Å²) in [7, 11) is -2.02. The lowest BCUT2D eigenvalue weighted by atomic mass is 10.1.